The van der Waals surface area contributed by atoms with E-state index in [2.05, 4.69) is 72.3 Å². The lowest BCUT2D eigenvalue weighted by atomic mass is 10.2. The number of nitrogens with one attached hydrogen (secondary N) is 1. The first kappa shape index (κ1) is 16.6. The maximum absolute atomic E-state index is 4.84. The molecule has 0 spiro atoms. The number of aromatic nitrogens is 2. The van der Waals surface area contributed by atoms with Crippen LogP contribution in [0, 0.1) is 6.92 Å². The van der Waals surface area contributed by atoms with Crippen LogP contribution in [0.4, 0.5) is 5.69 Å². The van der Waals surface area contributed by atoms with E-state index in [1.807, 2.05) is 0 Å². The van der Waals surface area contributed by atoms with Gasteiger partial charge in [-0.3, -0.25) is 0 Å². The molecule has 0 saturated carbocycles. The van der Waals surface area contributed by atoms with Gasteiger partial charge in [0, 0.05) is 12.2 Å². The van der Waals surface area contributed by atoms with E-state index in [0.29, 0.717) is 0 Å². The molecule has 1 aromatic heterocycles. The SMILES string of the molecule is CCCCCCn1c(CNc2ccc(C)cc2)nc2ccccc21. The van der Waals surface area contributed by atoms with Crippen molar-refractivity contribution < 1.29 is 0 Å². The molecule has 0 bridgehead atoms. The summed E-state index contributed by atoms with van der Waals surface area (Å²) in [6, 6.07) is 17.0. The fraction of sp³-hybridized carbons (Fsp3) is 0.381. The van der Waals surface area contributed by atoms with Gasteiger partial charge in [-0.25, -0.2) is 4.98 Å². The zero-order chi connectivity index (χ0) is 16.8. The fourth-order valence-electron chi connectivity index (χ4n) is 3.06. The molecular weight excluding hydrogens is 294 g/mol. The number of hydrogen-bond acceptors (Lipinski definition) is 2. The van der Waals surface area contributed by atoms with Crippen LogP contribution >= 0.6 is 0 Å². The Hall–Kier alpha value is -2.29. The molecule has 3 heteroatoms. The Bertz CT molecular complexity index is 771. The van der Waals surface area contributed by atoms with Gasteiger partial charge in [-0.1, -0.05) is 56.0 Å². The second-order valence-corrected chi connectivity index (χ2v) is 6.45. The molecule has 0 aliphatic carbocycles. The molecule has 0 saturated heterocycles. The molecule has 0 radical (unpaired) electrons. The van der Waals surface area contributed by atoms with Crippen LogP contribution in [0.2, 0.25) is 0 Å². The van der Waals surface area contributed by atoms with Gasteiger partial charge in [-0.05, 0) is 37.6 Å². The van der Waals surface area contributed by atoms with Gasteiger partial charge in [0.1, 0.15) is 5.82 Å². The average molecular weight is 321 g/mol. The lowest BCUT2D eigenvalue weighted by Gasteiger charge is -2.11. The van der Waals surface area contributed by atoms with Crippen LogP contribution in [0.25, 0.3) is 11.0 Å². The van der Waals surface area contributed by atoms with Gasteiger partial charge in [-0.2, -0.15) is 0 Å². The molecular formula is C21H27N3. The van der Waals surface area contributed by atoms with Gasteiger partial charge in [0.25, 0.3) is 0 Å². The predicted octanol–water partition coefficient (Wildman–Crippen LogP) is 5.54. The molecule has 3 nitrogen and oxygen atoms in total. The van der Waals surface area contributed by atoms with Gasteiger partial charge in [0.05, 0.1) is 17.6 Å². The van der Waals surface area contributed by atoms with Crippen molar-refractivity contribution in [2.24, 2.45) is 0 Å². The molecule has 1 heterocycles. The molecule has 3 aromatic rings. The lowest BCUT2D eigenvalue weighted by Crippen LogP contribution is -2.09. The molecule has 2 aromatic carbocycles. The number of nitrogens with zero attached hydrogens (tertiary/aromatic N) is 2. The second-order valence-electron chi connectivity index (χ2n) is 6.45. The highest BCUT2D eigenvalue weighted by Crippen LogP contribution is 2.19. The van der Waals surface area contributed by atoms with Gasteiger partial charge in [0.2, 0.25) is 0 Å². The number of rotatable bonds is 8. The topological polar surface area (TPSA) is 29.9 Å². The molecule has 0 amide bonds. The van der Waals surface area contributed by atoms with Crippen molar-refractivity contribution in [3.05, 3.63) is 59.9 Å². The molecule has 0 aliphatic rings. The van der Waals surface area contributed by atoms with E-state index < -0.39 is 0 Å². The third kappa shape index (κ3) is 3.97. The number of imidazole rings is 1. The Morgan fingerprint density at radius 2 is 1.75 bits per heavy atom. The molecule has 0 aliphatic heterocycles. The summed E-state index contributed by atoms with van der Waals surface area (Å²) in [5.41, 5.74) is 4.76. The van der Waals surface area contributed by atoms with E-state index in [1.54, 1.807) is 0 Å². The van der Waals surface area contributed by atoms with Gasteiger partial charge >= 0.3 is 0 Å². The van der Waals surface area contributed by atoms with Crippen molar-refractivity contribution in [2.45, 2.75) is 52.6 Å². The Kier molecular flexibility index (Phi) is 5.52. The van der Waals surface area contributed by atoms with Crippen LogP contribution in [-0.4, -0.2) is 9.55 Å². The minimum absolute atomic E-state index is 0.755. The van der Waals surface area contributed by atoms with Crippen molar-refractivity contribution in [3.63, 3.8) is 0 Å². The third-order valence-electron chi connectivity index (χ3n) is 4.47. The highest BCUT2D eigenvalue weighted by Gasteiger charge is 2.09. The maximum atomic E-state index is 4.84. The van der Waals surface area contributed by atoms with Crippen LogP contribution in [0.1, 0.15) is 44.0 Å². The summed E-state index contributed by atoms with van der Waals surface area (Å²) < 4.78 is 2.38. The molecule has 0 fully saturated rings. The van der Waals surface area contributed by atoms with Crippen LogP contribution in [0.15, 0.2) is 48.5 Å². The standard InChI is InChI=1S/C21H27N3/c1-3-4-5-8-15-24-20-10-7-6-9-19(20)23-21(24)16-22-18-13-11-17(2)12-14-18/h6-7,9-14,22H,3-5,8,15-16H2,1-2H3. The quantitative estimate of drug-likeness (QED) is 0.552. The molecule has 0 unspecified atom stereocenters. The smallest absolute Gasteiger partial charge is 0.129 e. The predicted molar refractivity (Wildman–Crippen MR) is 102 cm³/mol. The number of aryl methyl sites for hydroxylation is 2. The van der Waals surface area contributed by atoms with Crippen LogP contribution in [-0.2, 0) is 13.1 Å². The summed E-state index contributed by atoms with van der Waals surface area (Å²) in [4.78, 5) is 4.84. The zero-order valence-electron chi connectivity index (χ0n) is 14.8. The van der Waals surface area contributed by atoms with E-state index in [9.17, 15) is 0 Å². The number of para-hydroxylation sites is 2. The molecule has 3 rings (SSSR count). The monoisotopic (exact) mass is 321 g/mol. The van der Waals surface area contributed by atoms with Crippen LogP contribution < -0.4 is 5.32 Å². The van der Waals surface area contributed by atoms with E-state index in [4.69, 9.17) is 4.98 Å². The number of fused-ring (bicyclic) bond motifs is 1. The average Bonchev–Trinajstić information content (AvgIpc) is 2.96. The van der Waals surface area contributed by atoms with Crippen molar-refractivity contribution in [1.82, 2.24) is 9.55 Å². The molecule has 0 atom stereocenters. The molecule has 126 valence electrons. The van der Waals surface area contributed by atoms with Gasteiger partial charge in [-0.15, -0.1) is 0 Å². The summed E-state index contributed by atoms with van der Waals surface area (Å²) in [5, 5.41) is 3.51. The Morgan fingerprint density at radius 3 is 2.54 bits per heavy atom. The van der Waals surface area contributed by atoms with Crippen molar-refractivity contribution >= 4 is 16.7 Å². The van der Waals surface area contributed by atoms with Crippen molar-refractivity contribution in [3.8, 4) is 0 Å². The van der Waals surface area contributed by atoms with Gasteiger partial charge < -0.3 is 9.88 Å². The number of benzene rings is 2. The largest absolute Gasteiger partial charge is 0.378 e. The van der Waals surface area contributed by atoms with Gasteiger partial charge in [0.15, 0.2) is 0 Å². The Morgan fingerprint density at radius 1 is 0.958 bits per heavy atom. The highest BCUT2D eigenvalue weighted by molar-refractivity contribution is 5.76. The normalized spacial score (nSPS) is 11.1. The number of anilines is 1. The van der Waals surface area contributed by atoms with E-state index in [0.717, 1.165) is 30.1 Å². The summed E-state index contributed by atoms with van der Waals surface area (Å²) in [6.07, 6.45) is 5.08. The zero-order valence-corrected chi connectivity index (χ0v) is 14.8. The summed E-state index contributed by atoms with van der Waals surface area (Å²) in [6.45, 7) is 6.17. The summed E-state index contributed by atoms with van der Waals surface area (Å²) in [5.74, 6) is 1.12. The first-order valence-corrected chi connectivity index (χ1v) is 9.02. The minimum atomic E-state index is 0.755. The molecule has 24 heavy (non-hydrogen) atoms. The number of hydrogen-bond donors (Lipinski definition) is 1. The second kappa shape index (κ2) is 8.00. The number of unbranched alkanes of at least 4 members (excludes halogenated alkanes) is 3. The van der Waals surface area contributed by atoms with Crippen LogP contribution in [0.3, 0.4) is 0 Å². The van der Waals surface area contributed by atoms with Crippen molar-refractivity contribution in [1.29, 1.82) is 0 Å². The maximum Gasteiger partial charge on any atom is 0.129 e. The van der Waals surface area contributed by atoms with E-state index >= 15 is 0 Å². The fourth-order valence-corrected chi connectivity index (χ4v) is 3.06. The van der Waals surface area contributed by atoms with Crippen LogP contribution in [0.5, 0.6) is 0 Å². The van der Waals surface area contributed by atoms with E-state index in [1.165, 1.54) is 36.8 Å². The first-order chi connectivity index (χ1) is 11.8. The Balaban J connectivity index is 1.76. The third-order valence-corrected chi connectivity index (χ3v) is 4.47. The summed E-state index contributed by atoms with van der Waals surface area (Å²) in [7, 11) is 0. The highest BCUT2D eigenvalue weighted by atomic mass is 15.1. The molecule has 1 N–H and O–H groups in total. The lowest BCUT2D eigenvalue weighted by molar-refractivity contribution is 0.577. The minimum Gasteiger partial charge on any atom is -0.378 e. The Labute approximate surface area is 144 Å². The first-order valence-electron chi connectivity index (χ1n) is 9.02. The van der Waals surface area contributed by atoms with Crippen molar-refractivity contribution in [2.75, 3.05) is 5.32 Å². The summed E-state index contributed by atoms with van der Waals surface area (Å²) >= 11 is 0. The van der Waals surface area contributed by atoms with E-state index in [-0.39, 0.29) is 0 Å².